The van der Waals surface area contributed by atoms with E-state index in [9.17, 15) is 13.2 Å². The third-order valence-electron chi connectivity index (χ3n) is 2.51. The molecule has 112 valence electrons. The van der Waals surface area contributed by atoms with E-state index in [0.717, 1.165) is 5.56 Å². The highest BCUT2D eigenvalue weighted by Gasteiger charge is 2.33. The van der Waals surface area contributed by atoms with Gasteiger partial charge in [0.15, 0.2) is 5.69 Å². The predicted octanol–water partition coefficient (Wildman–Crippen LogP) is 3.74. The molecule has 2 aromatic rings. The smallest absolute Gasteiger partial charge is 0.433 e. The molecule has 0 saturated heterocycles. The molecular formula is C13H10ClF3N2O2. The van der Waals surface area contributed by atoms with Crippen LogP contribution >= 0.6 is 11.6 Å². The van der Waals surface area contributed by atoms with Gasteiger partial charge in [-0.1, -0.05) is 12.1 Å². The number of nitrogens with zero attached hydrogens (tertiary/aromatic N) is 2. The summed E-state index contributed by atoms with van der Waals surface area (Å²) in [5.41, 5.74) is -0.397. The Bertz CT molecular complexity index is 618. The lowest BCUT2D eigenvalue weighted by Crippen LogP contribution is -2.10. The van der Waals surface area contributed by atoms with Crippen LogP contribution in [0.15, 0.2) is 30.3 Å². The van der Waals surface area contributed by atoms with Crippen LogP contribution in [0.5, 0.6) is 11.6 Å². The number of hydrogen-bond acceptors (Lipinski definition) is 4. The summed E-state index contributed by atoms with van der Waals surface area (Å²) < 4.78 is 47.9. The minimum absolute atomic E-state index is 0.0502. The fraction of sp³-hybridized carbons (Fsp3) is 0.231. The standard InChI is InChI=1S/C13H10ClF3N2O2/c1-20-9-4-2-8(3-5-9)7-21-11-6-10(13(15,16)17)18-12(14)19-11/h2-6H,7H2,1H3. The average Bonchev–Trinajstić information content (AvgIpc) is 2.44. The molecule has 4 nitrogen and oxygen atoms in total. The molecule has 0 unspecified atom stereocenters. The maximum Gasteiger partial charge on any atom is 0.433 e. The van der Waals surface area contributed by atoms with E-state index >= 15 is 0 Å². The van der Waals surface area contributed by atoms with E-state index < -0.39 is 17.2 Å². The van der Waals surface area contributed by atoms with E-state index in [1.165, 1.54) is 7.11 Å². The number of hydrogen-bond donors (Lipinski definition) is 0. The monoisotopic (exact) mass is 318 g/mol. The van der Waals surface area contributed by atoms with E-state index in [2.05, 4.69) is 9.97 Å². The molecule has 1 heterocycles. The summed E-state index contributed by atoms with van der Waals surface area (Å²) in [5, 5.41) is -0.519. The molecule has 1 aromatic heterocycles. The van der Waals surface area contributed by atoms with Gasteiger partial charge >= 0.3 is 6.18 Å². The van der Waals surface area contributed by atoms with Gasteiger partial charge in [0.1, 0.15) is 12.4 Å². The van der Waals surface area contributed by atoms with Crippen molar-refractivity contribution in [3.63, 3.8) is 0 Å². The van der Waals surface area contributed by atoms with Gasteiger partial charge in [0, 0.05) is 6.07 Å². The molecule has 0 N–H and O–H groups in total. The van der Waals surface area contributed by atoms with Crippen molar-refractivity contribution in [3.8, 4) is 11.6 Å². The number of methoxy groups -OCH3 is 1. The third-order valence-corrected chi connectivity index (χ3v) is 2.68. The van der Waals surface area contributed by atoms with Gasteiger partial charge in [0.05, 0.1) is 7.11 Å². The Morgan fingerprint density at radius 2 is 1.81 bits per heavy atom. The number of halogens is 4. The number of benzene rings is 1. The Hall–Kier alpha value is -2.02. The summed E-state index contributed by atoms with van der Waals surface area (Å²) in [6.07, 6.45) is -4.61. The Morgan fingerprint density at radius 3 is 2.38 bits per heavy atom. The fourth-order valence-electron chi connectivity index (χ4n) is 1.50. The first kappa shape index (κ1) is 15.4. The SMILES string of the molecule is COc1ccc(COc2cc(C(F)(F)F)nc(Cl)n2)cc1. The van der Waals surface area contributed by atoms with Crippen LogP contribution in [-0.4, -0.2) is 17.1 Å². The van der Waals surface area contributed by atoms with E-state index in [1.54, 1.807) is 24.3 Å². The maximum absolute atomic E-state index is 12.6. The largest absolute Gasteiger partial charge is 0.497 e. The van der Waals surface area contributed by atoms with Crippen molar-refractivity contribution in [1.82, 2.24) is 9.97 Å². The Labute approximate surface area is 123 Å². The summed E-state index contributed by atoms with van der Waals surface area (Å²) >= 11 is 5.46. The zero-order valence-electron chi connectivity index (χ0n) is 10.8. The van der Waals surface area contributed by atoms with Crippen molar-refractivity contribution in [2.75, 3.05) is 7.11 Å². The molecule has 0 aliphatic carbocycles. The molecule has 0 amide bonds. The number of rotatable bonds is 4. The van der Waals surface area contributed by atoms with Gasteiger partial charge in [-0.05, 0) is 29.3 Å². The molecule has 0 aliphatic heterocycles. The van der Waals surface area contributed by atoms with Gasteiger partial charge in [-0.25, -0.2) is 4.98 Å². The van der Waals surface area contributed by atoms with Gasteiger partial charge in [0.25, 0.3) is 0 Å². The first-order valence-corrected chi connectivity index (χ1v) is 6.14. The van der Waals surface area contributed by atoms with Crippen molar-refractivity contribution in [3.05, 3.63) is 46.9 Å². The van der Waals surface area contributed by atoms with Crippen molar-refractivity contribution in [2.24, 2.45) is 0 Å². The van der Waals surface area contributed by atoms with Crippen LogP contribution in [0, 0.1) is 0 Å². The molecule has 8 heteroatoms. The molecule has 0 fully saturated rings. The summed E-state index contributed by atoms with van der Waals surface area (Å²) in [4.78, 5) is 6.72. The van der Waals surface area contributed by atoms with Gasteiger partial charge in [-0.2, -0.15) is 18.2 Å². The van der Waals surface area contributed by atoms with Crippen LogP contribution in [0.4, 0.5) is 13.2 Å². The molecule has 21 heavy (non-hydrogen) atoms. The number of aromatic nitrogens is 2. The zero-order chi connectivity index (χ0) is 15.5. The third kappa shape index (κ3) is 4.22. The lowest BCUT2D eigenvalue weighted by molar-refractivity contribution is -0.141. The van der Waals surface area contributed by atoms with Crippen LogP contribution < -0.4 is 9.47 Å². The molecule has 0 saturated carbocycles. The van der Waals surface area contributed by atoms with E-state index in [4.69, 9.17) is 21.1 Å². The van der Waals surface area contributed by atoms with Crippen molar-refractivity contribution in [1.29, 1.82) is 0 Å². The highest BCUT2D eigenvalue weighted by atomic mass is 35.5. The summed E-state index contributed by atoms with van der Waals surface area (Å²) in [5.74, 6) is 0.432. The zero-order valence-corrected chi connectivity index (χ0v) is 11.6. The van der Waals surface area contributed by atoms with Gasteiger partial charge < -0.3 is 9.47 Å². The first-order chi connectivity index (χ1) is 9.88. The van der Waals surface area contributed by atoms with Crippen LogP contribution in [0.2, 0.25) is 5.28 Å². The topological polar surface area (TPSA) is 44.2 Å². The van der Waals surface area contributed by atoms with Crippen molar-refractivity contribution >= 4 is 11.6 Å². The van der Waals surface area contributed by atoms with Crippen molar-refractivity contribution in [2.45, 2.75) is 12.8 Å². The van der Waals surface area contributed by atoms with Crippen LogP contribution in [0.25, 0.3) is 0 Å². The first-order valence-electron chi connectivity index (χ1n) is 5.76. The van der Waals surface area contributed by atoms with Crippen LogP contribution in [-0.2, 0) is 12.8 Å². The Kier molecular flexibility index (Phi) is 4.52. The second-order valence-corrected chi connectivity index (χ2v) is 4.33. The minimum atomic E-state index is -4.61. The average molecular weight is 319 g/mol. The van der Waals surface area contributed by atoms with E-state index in [0.29, 0.717) is 11.8 Å². The maximum atomic E-state index is 12.6. The van der Waals surface area contributed by atoms with Crippen molar-refractivity contribution < 1.29 is 22.6 Å². The molecule has 2 rings (SSSR count). The number of ether oxygens (including phenoxy) is 2. The second-order valence-electron chi connectivity index (χ2n) is 3.99. The molecule has 0 aliphatic rings. The molecule has 0 bridgehead atoms. The Balaban J connectivity index is 2.10. The predicted molar refractivity (Wildman–Crippen MR) is 69.4 cm³/mol. The van der Waals surface area contributed by atoms with Gasteiger partial charge in [-0.3, -0.25) is 0 Å². The molecule has 0 spiro atoms. The van der Waals surface area contributed by atoms with Gasteiger partial charge in [0.2, 0.25) is 11.2 Å². The quantitative estimate of drug-likeness (QED) is 0.806. The van der Waals surface area contributed by atoms with Crippen LogP contribution in [0.1, 0.15) is 11.3 Å². The molecule has 0 atom stereocenters. The highest BCUT2D eigenvalue weighted by molar-refractivity contribution is 6.28. The summed E-state index contributed by atoms with van der Waals surface area (Å²) in [6.45, 7) is 0.0502. The van der Waals surface area contributed by atoms with E-state index in [1.807, 2.05) is 0 Å². The lowest BCUT2D eigenvalue weighted by atomic mass is 10.2. The fourth-order valence-corrected chi connectivity index (χ4v) is 1.67. The normalized spacial score (nSPS) is 11.3. The minimum Gasteiger partial charge on any atom is -0.497 e. The molecular weight excluding hydrogens is 309 g/mol. The Morgan fingerprint density at radius 1 is 1.14 bits per heavy atom. The number of alkyl halides is 3. The second kappa shape index (κ2) is 6.17. The molecule has 0 radical (unpaired) electrons. The van der Waals surface area contributed by atoms with Crippen LogP contribution in [0.3, 0.4) is 0 Å². The van der Waals surface area contributed by atoms with E-state index in [-0.39, 0.29) is 12.5 Å². The highest BCUT2D eigenvalue weighted by Crippen LogP contribution is 2.30. The van der Waals surface area contributed by atoms with Gasteiger partial charge in [-0.15, -0.1) is 0 Å². The summed E-state index contributed by atoms with van der Waals surface area (Å²) in [7, 11) is 1.53. The molecule has 1 aromatic carbocycles. The summed E-state index contributed by atoms with van der Waals surface area (Å²) in [6, 6.07) is 7.59. The lowest BCUT2D eigenvalue weighted by Gasteiger charge is -2.09.